The second-order valence-corrected chi connectivity index (χ2v) is 12.0. The van der Waals surface area contributed by atoms with Crippen molar-refractivity contribution in [1.82, 2.24) is 0 Å². The molecule has 2 aromatic carbocycles. The van der Waals surface area contributed by atoms with E-state index in [2.05, 4.69) is 5.10 Å². The van der Waals surface area contributed by atoms with E-state index in [0.717, 1.165) is 22.5 Å². The van der Waals surface area contributed by atoms with E-state index >= 15 is 0 Å². The Morgan fingerprint density at radius 1 is 1.12 bits per heavy atom. The molecule has 0 unspecified atom stereocenters. The normalized spacial score (nSPS) is 14.0. The van der Waals surface area contributed by atoms with E-state index in [-0.39, 0.29) is 28.0 Å². The zero-order valence-corrected chi connectivity index (χ0v) is 20.6. The number of ketones is 1. The molecule has 0 fully saturated rings. The van der Waals surface area contributed by atoms with Crippen LogP contribution in [0.4, 0.5) is 5.69 Å². The number of benzene rings is 2. The van der Waals surface area contributed by atoms with Gasteiger partial charge in [-0.05, 0) is 42.3 Å². The predicted molar refractivity (Wildman–Crippen MR) is 131 cm³/mol. The molecule has 0 bridgehead atoms. The van der Waals surface area contributed by atoms with Gasteiger partial charge in [0.1, 0.15) is 9.96 Å². The fourth-order valence-electron chi connectivity index (χ4n) is 3.46. The van der Waals surface area contributed by atoms with E-state index in [0.29, 0.717) is 21.3 Å². The number of anilines is 1. The van der Waals surface area contributed by atoms with Crippen molar-refractivity contribution in [2.75, 3.05) is 10.8 Å². The van der Waals surface area contributed by atoms with Crippen LogP contribution < -0.4 is 5.01 Å². The molecule has 33 heavy (non-hydrogen) atoms. The molecule has 170 valence electrons. The number of rotatable bonds is 7. The summed E-state index contributed by atoms with van der Waals surface area (Å²) < 4.78 is 25.2. The molecule has 0 saturated carbocycles. The van der Waals surface area contributed by atoms with Gasteiger partial charge in [0.25, 0.3) is 5.91 Å². The number of sulfone groups is 1. The molecule has 2 heterocycles. The molecule has 0 atom stereocenters. The van der Waals surface area contributed by atoms with Crippen molar-refractivity contribution < 1.29 is 18.0 Å². The average molecular weight is 521 g/mol. The molecule has 0 aliphatic carbocycles. The van der Waals surface area contributed by atoms with E-state index < -0.39 is 21.4 Å². The fraction of sp³-hybridized carbons (Fsp3) is 0.174. The van der Waals surface area contributed by atoms with Crippen LogP contribution in [0.2, 0.25) is 9.36 Å². The number of Topliss-reactive ketones (excluding diaryl/α,β-unsaturated/α-hetero) is 1. The van der Waals surface area contributed by atoms with Crippen LogP contribution in [-0.2, 0) is 25.8 Å². The van der Waals surface area contributed by atoms with Crippen LogP contribution in [0.3, 0.4) is 0 Å². The van der Waals surface area contributed by atoms with Crippen LogP contribution in [0.25, 0.3) is 0 Å². The summed E-state index contributed by atoms with van der Waals surface area (Å²) in [6.45, 7) is 1.97. The highest BCUT2D eigenvalue weighted by atomic mass is 35.5. The van der Waals surface area contributed by atoms with Gasteiger partial charge in [0.2, 0.25) is 0 Å². The summed E-state index contributed by atoms with van der Waals surface area (Å²) in [7, 11) is -3.75. The van der Waals surface area contributed by atoms with Crippen molar-refractivity contribution in [1.29, 1.82) is 0 Å². The monoisotopic (exact) mass is 520 g/mol. The number of carbonyl (C=O) groups is 2. The first-order valence-electron chi connectivity index (χ1n) is 9.88. The summed E-state index contributed by atoms with van der Waals surface area (Å²) in [5.74, 6) is -1.31. The van der Waals surface area contributed by atoms with Gasteiger partial charge < -0.3 is 0 Å². The van der Waals surface area contributed by atoms with Crippen molar-refractivity contribution in [3.63, 3.8) is 0 Å². The summed E-state index contributed by atoms with van der Waals surface area (Å²) >= 11 is 13.1. The maximum atomic E-state index is 12.6. The Balaban J connectivity index is 1.49. The van der Waals surface area contributed by atoms with Crippen LogP contribution in [-0.4, -0.2) is 31.6 Å². The lowest BCUT2D eigenvalue weighted by molar-refractivity contribution is -0.117. The molecule has 0 spiro atoms. The Hall–Kier alpha value is -2.52. The average Bonchev–Trinajstić information content (AvgIpc) is 3.34. The Kier molecular flexibility index (Phi) is 6.72. The zero-order valence-electron chi connectivity index (χ0n) is 17.4. The number of hydrazone groups is 1. The minimum Gasteiger partial charge on any atom is -0.298 e. The molecule has 0 N–H and O–H groups in total. The molecule has 0 saturated heterocycles. The zero-order chi connectivity index (χ0) is 23.8. The van der Waals surface area contributed by atoms with E-state index in [9.17, 15) is 18.0 Å². The summed E-state index contributed by atoms with van der Waals surface area (Å²) in [5, 5.41) is 5.95. The lowest BCUT2D eigenvalue weighted by Gasteiger charge is -2.14. The van der Waals surface area contributed by atoms with Crippen molar-refractivity contribution in [2.45, 2.75) is 24.0 Å². The number of halogens is 2. The topological polar surface area (TPSA) is 83.9 Å². The maximum absolute atomic E-state index is 12.6. The Bertz CT molecular complexity index is 1400. The van der Waals surface area contributed by atoms with Gasteiger partial charge in [0.15, 0.2) is 15.6 Å². The highest BCUT2D eigenvalue weighted by Gasteiger charge is 2.28. The van der Waals surface area contributed by atoms with Gasteiger partial charge in [-0.25, -0.2) is 8.42 Å². The van der Waals surface area contributed by atoms with Gasteiger partial charge in [0.05, 0.1) is 27.2 Å². The third-order valence-corrected chi connectivity index (χ3v) is 8.77. The van der Waals surface area contributed by atoms with Crippen LogP contribution in [0.5, 0.6) is 0 Å². The molecule has 10 heteroatoms. The highest BCUT2D eigenvalue weighted by Crippen LogP contribution is 2.31. The van der Waals surface area contributed by atoms with E-state index in [4.69, 9.17) is 23.2 Å². The number of nitrogens with zero attached hydrogens (tertiary/aromatic N) is 2. The van der Waals surface area contributed by atoms with Crippen LogP contribution in [0.15, 0.2) is 63.9 Å². The molecule has 4 rings (SSSR count). The van der Waals surface area contributed by atoms with E-state index in [1.54, 1.807) is 18.2 Å². The molecule has 1 amide bonds. The minimum atomic E-state index is -3.75. The summed E-state index contributed by atoms with van der Waals surface area (Å²) in [5.41, 5.74) is 3.54. The second-order valence-electron chi connectivity index (χ2n) is 7.62. The highest BCUT2D eigenvalue weighted by molar-refractivity contribution is 7.94. The van der Waals surface area contributed by atoms with Gasteiger partial charge in [0, 0.05) is 6.42 Å². The fourth-order valence-corrected chi connectivity index (χ4v) is 6.56. The molecule has 1 aliphatic rings. The largest absolute Gasteiger partial charge is 0.298 e. The molecular formula is C23H18Cl2N2O4S2. The van der Waals surface area contributed by atoms with E-state index in [1.807, 2.05) is 31.2 Å². The SMILES string of the molecule is Cc1cccc(C2=NN(c3ccc(CC(=O)CS(=O)(=O)c4ccc(Cl)s4)cc3Cl)C(=O)C2)c1. The smallest absolute Gasteiger partial charge is 0.253 e. The quantitative estimate of drug-likeness (QED) is 0.434. The number of thiophene rings is 1. The Morgan fingerprint density at radius 2 is 1.91 bits per heavy atom. The molecule has 3 aromatic rings. The summed E-state index contributed by atoms with van der Waals surface area (Å²) in [4.78, 5) is 25.0. The lowest BCUT2D eigenvalue weighted by atomic mass is 10.1. The van der Waals surface area contributed by atoms with Crippen LogP contribution in [0.1, 0.15) is 23.1 Å². The third-order valence-electron chi connectivity index (χ3n) is 4.97. The summed E-state index contributed by atoms with van der Waals surface area (Å²) in [6.07, 6.45) is 0.0503. The molecule has 1 aromatic heterocycles. The number of amides is 1. The van der Waals surface area contributed by atoms with Crippen molar-refractivity contribution in [3.8, 4) is 0 Å². The number of hydrogen-bond acceptors (Lipinski definition) is 6. The summed E-state index contributed by atoms with van der Waals surface area (Å²) in [6, 6.07) is 15.4. The maximum Gasteiger partial charge on any atom is 0.253 e. The van der Waals surface area contributed by atoms with Gasteiger partial charge in [-0.15, -0.1) is 11.3 Å². The van der Waals surface area contributed by atoms with Crippen molar-refractivity contribution in [2.24, 2.45) is 5.10 Å². The first kappa shape index (κ1) is 23.6. The number of aryl methyl sites for hydroxylation is 1. The Morgan fingerprint density at radius 3 is 2.58 bits per heavy atom. The minimum absolute atomic E-state index is 0.0593. The molecule has 1 aliphatic heterocycles. The predicted octanol–water partition coefficient (Wildman–Crippen LogP) is 5.09. The first-order valence-corrected chi connectivity index (χ1v) is 13.1. The molecular weight excluding hydrogens is 503 g/mol. The van der Waals surface area contributed by atoms with Gasteiger partial charge in [-0.2, -0.15) is 10.1 Å². The molecule has 6 nitrogen and oxygen atoms in total. The van der Waals surface area contributed by atoms with Crippen molar-refractivity contribution >= 4 is 67.5 Å². The van der Waals surface area contributed by atoms with Gasteiger partial charge >= 0.3 is 0 Å². The third kappa shape index (κ3) is 5.35. The first-order chi connectivity index (χ1) is 15.6. The van der Waals surface area contributed by atoms with Crippen LogP contribution >= 0.6 is 34.5 Å². The number of hydrogen-bond donors (Lipinski definition) is 0. The Labute approximate surface area is 205 Å². The lowest BCUT2D eigenvalue weighted by Crippen LogP contribution is -2.20. The molecule has 0 radical (unpaired) electrons. The van der Waals surface area contributed by atoms with Gasteiger partial charge in [-0.3, -0.25) is 9.59 Å². The van der Waals surface area contributed by atoms with Gasteiger partial charge in [-0.1, -0.05) is 59.1 Å². The van der Waals surface area contributed by atoms with Crippen LogP contribution in [0, 0.1) is 6.92 Å². The number of carbonyl (C=O) groups excluding carboxylic acids is 2. The van der Waals surface area contributed by atoms with E-state index in [1.165, 1.54) is 17.1 Å². The standard InChI is InChI=1S/C23H18Cl2N2O4S2/c1-14-3-2-4-16(9-14)19-12-22(29)27(26-19)20-6-5-15(11-18(20)24)10-17(28)13-33(30,31)23-8-7-21(25)32-23/h2-9,11H,10,12-13H2,1H3. The van der Waals surface area contributed by atoms with Crippen molar-refractivity contribution in [3.05, 3.63) is 80.6 Å². The second kappa shape index (κ2) is 9.38.